The molecule has 2 heterocycles. The SMILES string of the molecule is Cc1cc2nc(-c3cccs3)n(CC#N)c2cc1C. The second kappa shape index (κ2) is 4.52. The van der Waals surface area contributed by atoms with Crippen molar-refractivity contribution in [3.8, 4) is 16.8 Å². The van der Waals surface area contributed by atoms with Crippen LogP contribution in [0, 0.1) is 25.2 Å². The number of nitriles is 1. The number of benzene rings is 1. The predicted molar refractivity (Wildman–Crippen MR) is 78.1 cm³/mol. The molecule has 0 radical (unpaired) electrons. The van der Waals surface area contributed by atoms with E-state index in [4.69, 9.17) is 10.2 Å². The van der Waals surface area contributed by atoms with Crippen molar-refractivity contribution in [3.63, 3.8) is 0 Å². The lowest BCUT2D eigenvalue weighted by molar-refractivity contribution is 0.872. The van der Waals surface area contributed by atoms with Gasteiger partial charge < -0.3 is 4.57 Å². The summed E-state index contributed by atoms with van der Waals surface area (Å²) in [6, 6.07) is 10.5. The first-order chi connectivity index (χ1) is 9.20. The van der Waals surface area contributed by atoms with Gasteiger partial charge in [-0.25, -0.2) is 4.98 Å². The average molecular weight is 267 g/mol. The van der Waals surface area contributed by atoms with Gasteiger partial charge in [0, 0.05) is 0 Å². The van der Waals surface area contributed by atoms with Gasteiger partial charge in [0.15, 0.2) is 5.82 Å². The molecular weight excluding hydrogens is 254 g/mol. The molecule has 2 aromatic heterocycles. The van der Waals surface area contributed by atoms with Gasteiger partial charge in [-0.2, -0.15) is 5.26 Å². The van der Waals surface area contributed by atoms with Crippen LogP contribution in [0.2, 0.25) is 0 Å². The Morgan fingerprint density at radius 3 is 2.79 bits per heavy atom. The van der Waals surface area contributed by atoms with E-state index in [0.717, 1.165) is 21.7 Å². The number of rotatable bonds is 2. The Morgan fingerprint density at radius 1 is 1.32 bits per heavy atom. The molecule has 3 rings (SSSR count). The summed E-state index contributed by atoms with van der Waals surface area (Å²) in [5.41, 5.74) is 4.45. The molecule has 19 heavy (non-hydrogen) atoms. The van der Waals surface area contributed by atoms with Crippen LogP contribution in [0.3, 0.4) is 0 Å². The fraction of sp³-hybridized carbons (Fsp3) is 0.200. The first-order valence-corrected chi connectivity index (χ1v) is 6.97. The van der Waals surface area contributed by atoms with E-state index in [1.54, 1.807) is 11.3 Å². The van der Waals surface area contributed by atoms with Crippen LogP contribution < -0.4 is 0 Å². The highest BCUT2D eigenvalue weighted by Gasteiger charge is 2.13. The molecule has 0 bridgehead atoms. The Bertz CT molecular complexity index is 776. The van der Waals surface area contributed by atoms with Crippen LogP contribution in [0.4, 0.5) is 0 Å². The fourth-order valence-electron chi connectivity index (χ4n) is 2.20. The van der Waals surface area contributed by atoms with Crippen molar-refractivity contribution in [3.05, 3.63) is 40.8 Å². The number of aromatic nitrogens is 2. The summed E-state index contributed by atoms with van der Waals surface area (Å²) >= 11 is 1.65. The summed E-state index contributed by atoms with van der Waals surface area (Å²) < 4.78 is 1.99. The number of fused-ring (bicyclic) bond motifs is 1. The van der Waals surface area contributed by atoms with E-state index in [-0.39, 0.29) is 0 Å². The number of imidazole rings is 1. The fourth-order valence-corrected chi connectivity index (χ4v) is 2.93. The molecule has 0 spiro atoms. The Hall–Kier alpha value is -2.12. The van der Waals surface area contributed by atoms with Gasteiger partial charge in [0.1, 0.15) is 6.54 Å². The summed E-state index contributed by atoms with van der Waals surface area (Å²) in [5.74, 6) is 0.886. The van der Waals surface area contributed by atoms with Crippen molar-refractivity contribution in [2.75, 3.05) is 0 Å². The van der Waals surface area contributed by atoms with E-state index >= 15 is 0 Å². The van der Waals surface area contributed by atoms with Crippen molar-refractivity contribution in [1.82, 2.24) is 9.55 Å². The average Bonchev–Trinajstić information content (AvgIpc) is 3.00. The normalized spacial score (nSPS) is 10.8. The summed E-state index contributed by atoms with van der Waals surface area (Å²) in [5, 5.41) is 11.1. The Balaban J connectivity index is 2.33. The van der Waals surface area contributed by atoms with Gasteiger partial charge in [-0.1, -0.05) is 6.07 Å². The van der Waals surface area contributed by atoms with Gasteiger partial charge in [0.2, 0.25) is 0 Å². The number of aryl methyl sites for hydroxylation is 2. The molecule has 0 saturated carbocycles. The zero-order valence-electron chi connectivity index (χ0n) is 10.8. The van der Waals surface area contributed by atoms with Gasteiger partial charge in [-0.05, 0) is 48.6 Å². The first kappa shape index (κ1) is 11.9. The smallest absolute Gasteiger partial charge is 0.152 e. The molecule has 0 aliphatic carbocycles. The lowest BCUT2D eigenvalue weighted by atomic mass is 10.1. The maximum Gasteiger partial charge on any atom is 0.152 e. The number of nitrogens with zero attached hydrogens (tertiary/aromatic N) is 3. The second-order valence-corrected chi connectivity index (χ2v) is 5.53. The third kappa shape index (κ3) is 1.92. The van der Waals surface area contributed by atoms with Gasteiger partial charge in [0.05, 0.1) is 22.0 Å². The Morgan fingerprint density at radius 2 is 2.11 bits per heavy atom. The molecule has 4 heteroatoms. The van der Waals surface area contributed by atoms with Crippen LogP contribution in [0.5, 0.6) is 0 Å². The molecule has 3 aromatic rings. The first-order valence-electron chi connectivity index (χ1n) is 6.09. The molecule has 0 amide bonds. The molecule has 0 N–H and O–H groups in total. The van der Waals surface area contributed by atoms with Crippen LogP contribution in [0.1, 0.15) is 11.1 Å². The topological polar surface area (TPSA) is 41.6 Å². The third-order valence-corrected chi connectivity index (χ3v) is 4.20. The molecule has 1 aromatic carbocycles. The van der Waals surface area contributed by atoms with Crippen LogP contribution in [0.25, 0.3) is 21.7 Å². The lowest BCUT2D eigenvalue weighted by Crippen LogP contribution is -1.98. The molecule has 0 unspecified atom stereocenters. The van der Waals surface area contributed by atoms with Crippen LogP contribution in [0.15, 0.2) is 29.6 Å². The maximum atomic E-state index is 9.05. The minimum atomic E-state index is 0.326. The number of thiophene rings is 1. The van der Waals surface area contributed by atoms with Crippen molar-refractivity contribution in [2.24, 2.45) is 0 Å². The third-order valence-electron chi connectivity index (χ3n) is 3.33. The van der Waals surface area contributed by atoms with E-state index < -0.39 is 0 Å². The largest absolute Gasteiger partial charge is 0.309 e. The van der Waals surface area contributed by atoms with E-state index in [1.807, 2.05) is 22.1 Å². The van der Waals surface area contributed by atoms with Gasteiger partial charge in [-0.15, -0.1) is 11.3 Å². The molecular formula is C15H13N3S. The van der Waals surface area contributed by atoms with Crippen molar-refractivity contribution in [2.45, 2.75) is 20.4 Å². The van der Waals surface area contributed by atoms with Crippen LogP contribution >= 0.6 is 11.3 Å². The van der Waals surface area contributed by atoms with Crippen molar-refractivity contribution < 1.29 is 0 Å². The number of hydrogen-bond acceptors (Lipinski definition) is 3. The maximum absolute atomic E-state index is 9.05. The summed E-state index contributed by atoms with van der Waals surface area (Å²) in [6.45, 7) is 4.50. The summed E-state index contributed by atoms with van der Waals surface area (Å²) in [7, 11) is 0. The highest BCUT2D eigenvalue weighted by atomic mass is 32.1. The summed E-state index contributed by atoms with van der Waals surface area (Å²) in [4.78, 5) is 5.80. The second-order valence-electron chi connectivity index (χ2n) is 4.58. The zero-order chi connectivity index (χ0) is 13.4. The highest BCUT2D eigenvalue weighted by Crippen LogP contribution is 2.29. The molecule has 3 nitrogen and oxygen atoms in total. The Labute approximate surface area is 115 Å². The summed E-state index contributed by atoms with van der Waals surface area (Å²) in [6.07, 6.45) is 0. The highest BCUT2D eigenvalue weighted by molar-refractivity contribution is 7.13. The zero-order valence-corrected chi connectivity index (χ0v) is 11.7. The van der Waals surface area contributed by atoms with Gasteiger partial charge in [0.25, 0.3) is 0 Å². The molecule has 0 atom stereocenters. The molecule has 94 valence electrons. The van der Waals surface area contributed by atoms with E-state index in [2.05, 4.69) is 32.0 Å². The monoisotopic (exact) mass is 267 g/mol. The molecule has 0 saturated heterocycles. The Kier molecular flexibility index (Phi) is 2.84. The van der Waals surface area contributed by atoms with Crippen molar-refractivity contribution in [1.29, 1.82) is 5.26 Å². The molecule has 0 aliphatic rings. The van der Waals surface area contributed by atoms with Crippen LogP contribution in [-0.4, -0.2) is 9.55 Å². The lowest BCUT2D eigenvalue weighted by Gasteiger charge is -2.04. The standard InChI is InChI=1S/C15H13N3S/c1-10-8-12-13(9-11(10)2)18(6-5-16)15(17-12)14-4-3-7-19-14/h3-4,7-9H,6H2,1-2H3. The van der Waals surface area contributed by atoms with E-state index in [0.29, 0.717) is 6.54 Å². The quantitative estimate of drug-likeness (QED) is 0.706. The van der Waals surface area contributed by atoms with Gasteiger partial charge >= 0.3 is 0 Å². The van der Waals surface area contributed by atoms with Crippen molar-refractivity contribution >= 4 is 22.4 Å². The number of hydrogen-bond donors (Lipinski definition) is 0. The molecule has 0 aliphatic heterocycles. The minimum Gasteiger partial charge on any atom is -0.309 e. The van der Waals surface area contributed by atoms with Crippen LogP contribution in [-0.2, 0) is 6.54 Å². The van der Waals surface area contributed by atoms with E-state index in [1.165, 1.54) is 11.1 Å². The van der Waals surface area contributed by atoms with Gasteiger partial charge in [-0.3, -0.25) is 0 Å². The predicted octanol–water partition coefficient (Wildman–Crippen LogP) is 3.91. The minimum absolute atomic E-state index is 0.326. The van der Waals surface area contributed by atoms with E-state index in [9.17, 15) is 0 Å². The molecule has 0 fully saturated rings.